The molecule has 0 aromatic carbocycles. The van der Waals surface area contributed by atoms with E-state index in [1.54, 1.807) is 0 Å². The first kappa shape index (κ1) is 13.8. The van der Waals surface area contributed by atoms with Gasteiger partial charge in [0, 0.05) is 36.6 Å². The van der Waals surface area contributed by atoms with Crippen LogP contribution in [-0.4, -0.2) is 26.1 Å². The lowest BCUT2D eigenvalue weighted by atomic mass is 10.2. The summed E-state index contributed by atoms with van der Waals surface area (Å²) in [5.41, 5.74) is 3.67. The van der Waals surface area contributed by atoms with Gasteiger partial charge in [-0.05, 0) is 19.4 Å². The summed E-state index contributed by atoms with van der Waals surface area (Å²) >= 11 is 0. The van der Waals surface area contributed by atoms with Gasteiger partial charge in [0.05, 0.1) is 18.9 Å². The normalized spacial score (nSPS) is 11.4. The van der Waals surface area contributed by atoms with Crippen LogP contribution in [0.15, 0.2) is 18.6 Å². The highest BCUT2D eigenvalue weighted by molar-refractivity contribution is 5.17. The second-order valence-corrected chi connectivity index (χ2v) is 5.46. The van der Waals surface area contributed by atoms with E-state index in [2.05, 4.69) is 36.3 Å². The minimum atomic E-state index is 0.672. The van der Waals surface area contributed by atoms with Crippen LogP contribution in [0.1, 0.15) is 30.7 Å². The van der Waals surface area contributed by atoms with Gasteiger partial charge in [-0.1, -0.05) is 13.8 Å². The number of aryl methyl sites for hydroxylation is 1. The molecule has 0 radical (unpaired) electrons. The van der Waals surface area contributed by atoms with Crippen LogP contribution in [0.2, 0.25) is 0 Å². The molecule has 0 saturated carbocycles. The number of hydrogen-bond acceptors (Lipinski definition) is 3. The molecule has 0 aliphatic carbocycles. The van der Waals surface area contributed by atoms with Crippen molar-refractivity contribution in [2.75, 3.05) is 6.54 Å². The molecule has 1 N–H and O–H groups in total. The second-order valence-electron chi connectivity index (χ2n) is 5.46. The molecule has 0 fully saturated rings. The summed E-state index contributed by atoms with van der Waals surface area (Å²) < 4.78 is 3.85. The molecule has 0 aliphatic rings. The molecule has 0 atom stereocenters. The average molecular weight is 261 g/mol. The first-order chi connectivity index (χ1) is 9.06. The van der Waals surface area contributed by atoms with E-state index in [1.165, 1.54) is 16.8 Å². The summed E-state index contributed by atoms with van der Waals surface area (Å²) in [4.78, 5) is 0. The summed E-state index contributed by atoms with van der Waals surface area (Å²) in [5, 5.41) is 12.1. The Hall–Kier alpha value is -1.62. The van der Waals surface area contributed by atoms with Gasteiger partial charge >= 0.3 is 0 Å². The fourth-order valence-electron chi connectivity index (χ4n) is 2.04. The molecule has 0 amide bonds. The van der Waals surface area contributed by atoms with E-state index in [4.69, 9.17) is 0 Å². The van der Waals surface area contributed by atoms with E-state index in [1.807, 2.05) is 35.0 Å². The van der Waals surface area contributed by atoms with Gasteiger partial charge < -0.3 is 5.32 Å². The van der Waals surface area contributed by atoms with Crippen molar-refractivity contribution in [1.29, 1.82) is 0 Å². The van der Waals surface area contributed by atoms with Crippen molar-refractivity contribution < 1.29 is 0 Å². The zero-order valence-electron chi connectivity index (χ0n) is 12.2. The van der Waals surface area contributed by atoms with Crippen LogP contribution in [0.3, 0.4) is 0 Å². The van der Waals surface area contributed by atoms with Crippen molar-refractivity contribution in [2.24, 2.45) is 13.0 Å². The third-order valence-electron chi connectivity index (χ3n) is 3.16. The molecule has 0 spiro atoms. The van der Waals surface area contributed by atoms with Crippen molar-refractivity contribution in [1.82, 2.24) is 24.9 Å². The van der Waals surface area contributed by atoms with Crippen molar-refractivity contribution in [3.8, 4) is 0 Å². The van der Waals surface area contributed by atoms with Gasteiger partial charge in [0.2, 0.25) is 0 Å². The Morgan fingerprint density at radius 2 is 2.05 bits per heavy atom. The highest BCUT2D eigenvalue weighted by Gasteiger charge is 2.07. The Bertz CT molecular complexity index is 524. The molecule has 104 valence electrons. The largest absolute Gasteiger partial charge is 0.312 e. The number of nitrogens with one attached hydrogen (secondary N) is 1. The fourth-order valence-corrected chi connectivity index (χ4v) is 2.04. The lowest BCUT2D eigenvalue weighted by molar-refractivity contribution is 0.550. The molecule has 0 aliphatic heterocycles. The van der Waals surface area contributed by atoms with Gasteiger partial charge in [-0.15, -0.1) is 0 Å². The van der Waals surface area contributed by atoms with Crippen molar-refractivity contribution in [2.45, 2.75) is 33.9 Å². The summed E-state index contributed by atoms with van der Waals surface area (Å²) in [6.07, 6.45) is 5.87. The van der Waals surface area contributed by atoms with Gasteiger partial charge in [-0.2, -0.15) is 10.2 Å². The van der Waals surface area contributed by atoms with Gasteiger partial charge in [0.1, 0.15) is 0 Å². The summed E-state index contributed by atoms with van der Waals surface area (Å²) in [7, 11) is 1.93. The predicted octanol–water partition coefficient (Wildman–Crippen LogP) is 1.72. The van der Waals surface area contributed by atoms with E-state index in [9.17, 15) is 0 Å². The van der Waals surface area contributed by atoms with E-state index < -0.39 is 0 Å². The number of aromatic nitrogens is 4. The lowest BCUT2D eigenvalue weighted by Gasteiger charge is -2.07. The van der Waals surface area contributed by atoms with Gasteiger partial charge in [-0.3, -0.25) is 9.36 Å². The Labute approximate surface area is 114 Å². The summed E-state index contributed by atoms with van der Waals surface area (Å²) in [6, 6.07) is 0. The van der Waals surface area contributed by atoms with E-state index >= 15 is 0 Å². The fraction of sp³-hybridized carbons (Fsp3) is 0.571. The van der Waals surface area contributed by atoms with Gasteiger partial charge in [0.15, 0.2) is 0 Å². The van der Waals surface area contributed by atoms with E-state index in [-0.39, 0.29) is 0 Å². The molecule has 19 heavy (non-hydrogen) atoms. The third-order valence-corrected chi connectivity index (χ3v) is 3.16. The molecule has 2 aromatic heterocycles. The van der Waals surface area contributed by atoms with Crippen molar-refractivity contribution in [3.05, 3.63) is 35.4 Å². The van der Waals surface area contributed by atoms with Crippen LogP contribution in [0.5, 0.6) is 0 Å². The molecule has 0 unspecified atom stereocenters. The van der Waals surface area contributed by atoms with Crippen LogP contribution in [-0.2, 0) is 20.1 Å². The Kier molecular flexibility index (Phi) is 4.37. The standard InChI is InChI=1S/C14H23N5/c1-11(2)5-15-7-14-8-17-19(12(14)3)10-13-6-16-18(4)9-13/h6,8-9,11,15H,5,7,10H2,1-4H3. The molecule has 5 nitrogen and oxygen atoms in total. The topological polar surface area (TPSA) is 47.7 Å². The minimum Gasteiger partial charge on any atom is -0.312 e. The smallest absolute Gasteiger partial charge is 0.0693 e. The van der Waals surface area contributed by atoms with Crippen LogP contribution in [0.25, 0.3) is 0 Å². The van der Waals surface area contributed by atoms with Gasteiger partial charge in [-0.25, -0.2) is 0 Å². The van der Waals surface area contributed by atoms with Crippen LogP contribution >= 0.6 is 0 Å². The molecule has 0 bridgehead atoms. The number of rotatable bonds is 6. The van der Waals surface area contributed by atoms with E-state index in [0.29, 0.717) is 5.92 Å². The molecule has 0 saturated heterocycles. The molecule has 2 rings (SSSR count). The maximum absolute atomic E-state index is 4.46. The molecule has 2 aromatic rings. The molecule has 2 heterocycles. The number of hydrogen-bond donors (Lipinski definition) is 1. The maximum Gasteiger partial charge on any atom is 0.0693 e. The molecular weight excluding hydrogens is 238 g/mol. The summed E-state index contributed by atoms with van der Waals surface area (Å²) in [5.74, 6) is 0.672. The third kappa shape index (κ3) is 3.67. The van der Waals surface area contributed by atoms with Gasteiger partial charge in [0.25, 0.3) is 0 Å². The zero-order valence-corrected chi connectivity index (χ0v) is 12.2. The zero-order chi connectivity index (χ0) is 13.8. The van der Waals surface area contributed by atoms with Crippen LogP contribution in [0.4, 0.5) is 0 Å². The quantitative estimate of drug-likeness (QED) is 0.861. The van der Waals surface area contributed by atoms with Crippen molar-refractivity contribution >= 4 is 0 Å². The molecular formula is C14H23N5. The minimum absolute atomic E-state index is 0.672. The predicted molar refractivity (Wildman–Crippen MR) is 75.8 cm³/mol. The van der Waals surface area contributed by atoms with Crippen LogP contribution in [0, 0.1) is 12.8 Å². The first-order valence-electron chi connectivity index (χ1n) is 6.75. The maximum atomic E-state index is 4.46. The second kappa shape index (κ2) is 6.02. The highest BCUT2D eigenvalue weighted by Crippen LogP contribution is 2.09. The Morgan fingerprint density at radius 1 is 1.26 bits per heavy atom. The number of nitrogens with zero attached hydrogens (tertiary/aromatic N) is 4. The lowest BCUT2D eigenvalue weighted by Crippen LogP contribution is -2.19. The molecule has 5 heteroatoms. The highest BCUT2D eigenvalue weighted by atomic mass is 15.3. The Morgan fingerprint density at radius 3 is 2.68 bits per heavy atom. The van der Waals surface area contributed by atoms with Crippen molar-refractivity contribution in [3.63, 3.8) is 0 Å². The SMILES string of the molecule is Cc1c(CNCC(C)C)cnn1Cc1cnn(C)c1. The average Bonchev–Trinajstić information content (AvgIpc) is 2.89. The van der Waals surface area contributed by atoms with E-state index in [0.717, 1.165) is 19.6 Å². The van der Waals surface area contributed by atoms with Crippen LogP contribution < -0.4 is 5.32 Å². The first-order valence-corrected chi connectivity index (χ1v) is 6.75. The Balaban J connectivity index is 1.97. The monoisotopic (exact) mass is 261 g/mol. The summed E-state index contributed by atoms with van der Waals surface area (Å²) in [6.45, 7) is 9.25.